The summed E-state index contributed by atoms with van der Waals surface area (Å²) in [5.74, 6) is 0.0686. The SMILES string of the molecule is C=CCN1c2c(cc(Cl)c3c(Cl)c[nH]c23)CN(CC2CCN(S(C)(=O)=O)CC2)S1(=O)=O. The van der Waals surface area contributed by atoms with Gasteiger partial charge in [0.1, 0.15) is 0 Å². The van der Waals surface area contributed by atoms with Crippen LogP contribution in [0.4, 0.5) is 5.69 Å². The van der Waals surface area contributed by atoms with Gasteiger partial charge in [-0.2, -0.15) is 12.7 Å². The zero-order chi connectivity index (χ0) is 22.6. The number of rotatable bonds is 5. The quantitative estimate of drug-likeness (QED) is 0.629. The maximum absolute atomic E-state index is 13.5. The summed E-state index contributed by atoms with van der Waals surface area (Å²) in [5.41, 5.74) is 1.90. The first kappa shape index (κ1) is 22.9. The molecule has 0 radical (unpaired) electrons. The van der Waals surface area contributed by atoms with Crippen molar-refractivity contribution >= 4 is 60.0 Å². The van der Waals surface area contributed by atoms with Crippen molar-refractivity contribution in [3.63, 3.8) is 0 Å². The van der Waals surface area contributed by atoms with Crippen molar-refractivity contribution in [1.29, 1.82) is 0 Å². The van der Waals surface area contributed by atoms with E-state index < -0.39 is 20.2 Å². The molecule has 0 bridgehead atoms. The largest absolute Gasteiger partial charge is 0.358 e. The first-order valence-electron chi connectivity index (χ1n) is 9.85. The van der Waals surface area contributed by atoms with E-state index in [1.165, 1.54) is 19.2 Å². The first-order chi connectivity index (χ1) is 14.5. The minimum Gasteiger partial charge on any atom is -0.358 e. The highest BCUT2D eigenvalue weighted by Crippen LogP contribution is 2.43. The molecule has 1 N–H and O–H groups in total. The topological polar surface area (TPSA) is 93.8 Å². The van der Waals surface area contributed by atoms with E-state index in [0.29, 0.717) is 59.1 Å². The Hall–Kier alpha value is -1.30. The molecule has 0 unspecified atom stereocenters. The van der Waals surface area contributed by atoms with Crippen LogP contribution in [0.3, 0.4) is 0 Å². The fourth-order valence-electron chi connectivity index (χ4n) is 4.38. The molecule has 12 heteroatoms. The van der Waals surface area contributed by atoms with Gasteiger partial charge in [-0.15, -0.1) is 6.58 Å². The van der Waals surface area contributed by atoms with Crippen LogP contribution in [0.2, 0.25) is 10.0 Å². The Kier molecular flexibility index (Phi) is 6.08. The summed E-state index contributed by atoms with van der Waals surface area (Å²) in [6, 6.07) is 1.77. The number of hydrogen-bond acceptors (Lipinski definition) is 4. The number of piperidine rings is 1. The fraction of sp³-hybridized carbons (Fsp3) is 0.474. The molecule has 0 amide bonds. The predicted octanol–water partition coefficient (Wildman–Crippen LogP) is 3.20. The predicted molar refractivity (Wildman–Crippen MR) is 124 cm³/mol. The number of H-pyrrole nitrogens is 1. The van der Waals surface area contributed by atoms with Gasteiger partial charge in [-0.3, -0.25) is 4.31 Å². The van der Waals surface area contributed by atoms with Crippen LogP contribution in [0.25, 0.3) is 10.9 Å². The van der Waals surface area contributed by atoms with Gasteiger partial charge in [-0.1, -0.05) is 29.3 Å². The molecule has 1 aromatic carbocycles. The lowest BCUT2D eigenvalue weighted by Gasteiger charge is -2.40. The molecular weight excluding hydrogens is 483 g/mol. The van der Waals surface area contributed by atoms with Crippen LogP contribution in [0.1, 0.15) is 18.4 Å². The lowest BCUT2D eigenvalue weighted by atomic mass is 9.98. The molecule has 2 aliphatic rings. The number of benzene rings is 1. The standard InChI is InChI=1S/C19H24Cl2N4O4S2/c1-3-6-25-19-14(9-15(20)17-16(21)10-22-18(17)19)12-24(31(25,28)29)11-13-4-7-23(8-5-13)30(2,26)27/h3,9-10,13,22H,1,4-8,11-12H2,2H3. The Labute approximate surface area is 192 Å². The van der Waals surface area contributed by atoms with Crippen molar-refractivity contribution < 1.29 is 16.8 Å². The highest BCUT2D eigenvalue weighted by atomic mass is 35.5. The number of aromatic nitrogens is 1. The molecule has 8 nitrogen and oxygen atoms in total. The second-order valence-corrected chi connectivity index (χ2v) is 12.6. The molecule has 0 spiro atoms. The van der Waals surface area contributed by atoms with E-state index in [9.17, 15) is 16.8 Å². The number of halogens is 2. The normalized spacial score (nSPS) is 20.8. The Bertz CT molecular complexity index is 1240. The van der Waals surface area contributed by atoms with Gasteiger partial charge < -0.3 is 4.98 Å². The first-order valence-corrected chi connectivity index (χ1v) is 13.9. The summed E-state index contributed by atoms with van der Waals surface area (Å²) in [7, 11) is -7.05. The van der Waals surface area contributed by atoms with E-state index >= 15 is 0 Å². The third kappa shape index (κ3) is 4.09. The maximum atomic E-state index is 13.5. The maximum Gasteiger partial charge on any atom is 0.304 e. The average Bonchev–Trinajstić information content (AvgIpc) is 3.07. The molecule has 0 aliphatic carbocycles. The number of sulfonamides is 1. The van der Waals surface area contributed by atoms with Crippen LogP contribution in [-0.4, -0.2) is 62.9 Å². The highest BCUT2D eigenvalue weighted by Gasteiger charge is 2.39. The highest BCUT2D eigenvalue weighted by molar-refractivity contribution is 7.90. The molecule has 2 aliphatic heterocycles. The lowest BCUT2D eigenvalue weighted by Crippen LogP contribution is -2.50. The zero-order valence-electron chi connectivity index (χ0n) is 17.0. The van der Waals surface area contributed by atoms with E-state index in [2.05, 4.69) is 11.6 Å². The molecule has 2 aromatic rings. The fourth-order valence-corrected chi connectivity index (χ4v) is 7.59. The van der Waals surface area contributed by atoms with Gasteiger partial charge in [0.2, 0.25) is 10.0 Å². The molecule has 1 saturated heterocycles. The van der Waals surface area contributed by atoms with E-state index in [4.69, 9.17) is 23.2 Å². The molecule has 170 valence electrons. The van der Waals surface area contributed by atoms with Crippen molar-refractivity contribution in [2.24, 2.45) is 5.92 Å². The van der Waals surface area contributed by atoms with E-state index in [0.717, 1.165) is 5.56 Å². The monoisotopic (exact) mass is 506 g/mol. The number of fused-ring (bicyclic) bond motifs is 3. The smallest absolute Gasteiger partial charge is 0.304 e. The van der Waals surface area contributed by atoms with Crippen molar-refractivity contribution in [3.8, 4) is 0 Å². The summed E-state index contributed by atoms with van der Waals surface area (Å²) >= 11 is 12.7. The van der Waals surface area contributed by atoms with Gasteiger partial charge in [0.05, 0.1) is 34.0 Å². The van der Waals surface area contributed by atoms with Crippen molar-refractivity contribution in [1.82, 2.24) is 13.6 Å². The molecule has 0 saturated carbocycles. The van der Waals surface area contributed by atoms with E-state index in [1.54, 1.807) is 18.3 Å². The molecule has 4 rings (SSSR count). The van der Waals surface area contributed by atoms with E-state index in [-0.39, 0.29) is 19.0 Å². The number of nitrogens with zero attached hydrogens (tertiary/aromatic N) is 3. The van der Waals surface area contributed by atoms with Gasteiger partial charge in [0.25, 0.3) is 0 Å². The second-order valence-electron chi connectivity index (χ2n) is 7.98. The Morgan fingerprint density at radius 3 is 2.55 bits per heavy atom. The van der Waals surface area contributed by atoms with Crippen LogP contribution in [0.15, 0.2) is 24.9 Å². The second kappa shape index (κ2) is 8.24. The molecular formula is C19H24Cl2N4O4S2. The summed E-state index contributed by atoms with van der Waals surface area (Å²) in [6.45, 7) is 5.12. The van der Waals surface area contributed by atoms with Gasteiger partial charge in [0, 0.05) is 37.8 Å². The molecule has 1 fully saturated rings. The zero-order valence-corrected chi connectivity index (χ0v) is 20.2. The number of aromatic amines is 1. The summed E-state index contributed by atoms with van der Waals surface area (Å²) in [5, 5.41) is 1.48. The third-order valence-corrected chi connectivity index (χ3v) is 9.63. The molecule has 31 heavy (non-hydrogen) atoms. The van der Waals surface area contributed by atoms with Gasteiger partial charge in [0.15, 0.2) is 0 Å². The van der Waals surface area contributed by atoms with Crippen molar-refractivity contribution in [2.45, 2.75) is 19.4 Å². The number of nitrogens with one attached hydrogen (secondary N) is 1. The van der Waals surface area contributed by atoms with Crippen LogP contribution < -0.4 is 4.31 Å². The number of hydrogen-bond donors (Lipinski definition) is 1. The minimum absolute atomic E-state index is 0.0686. The summed E-state index contributed by atoms with van der Waals surface area (Å²) < 4.78 is 54.8. The van der Waals surface area contributed by atoms with Gasteiger partial charge >= 0.3 is 10.2 Å². The Morgan fingerprint density at radius 1 is 1.26 bits per heavy atom. The van der Waals surface area contributed by atoms with Crippen LogP contribution in [-0.2, 0) is 26.8 Å². The molecule has 0 atom stereocenters. The van der Waals surface area contributed by atoms with Crippen LogP contribution in [0, 0.1) is 5.92 Å². The summed E-state index contributed by atoms with van der Waals surface area (Å²) in [4.78, 5) is 3.06. The lowest BCUT2D eigenvalue weighted by molar-refractivity contribution is 0.232. The molecule has 3 heterocycles. The average molecular weight is 507 g/mol. The van der Waals surface area contributed by atoms with Gasteiger partial charge in [-0.25, -0.2) is 12.7 Å². The number of anilines is 1. The minimum atomic E-state index is -3.82. The van der Waals surface area contributed by atoms with Crippen molar-refractivity contribution in [2.75, 3.05) is 36.7 Å². The Morgan fingerprint density at radius 2 is 1.94 bits per heavy atom. The third-order valence-electron chi connectivity index (χ3n) is 5.91. The van der Waals surface area contributed by atoms with Crippen LogP contribution >= 0.6 is 23.2 Å². The molecule has 1 aromatic heterocycles. The summed E-state index contributed by atoms with van der Waals surface area (Å²) in [6.07, 6.45) is 5.56. The van der Waals surface area contributed by atoms with Gasteiger partial charge in [-0.05, 0) is 30.4 Å². The van der Waals surface area contributed by atoms with Crippen LogP contribution in [0.5, 0.6) is 0 Å². The van der Waals surface area contributed by atoms with E-state index in [1.807, 2.05) is 0 Å². The van der Waals surface area contributed by atoms with Crippen molar-refractivity contribution in [3.05, 3.63) is 40.5 Å². The Balaban J connectivity index is 1.67.